The van der Waals surface area contributed by atoms with Crippen molar-refractivity contribution >= 4 is 23.3 Å². The van der Waals surface area contributed by atoms with E-state index in [4.69, 9.17) is 4.84 Å². The number of nitrogens with zero attached hydrogens (tertiary/aromatic N) is 1. The van der Waals surface area contributed by atoms with E-state index in [0.29, 0.717) is 0 Å². The number of hydrogen-bond donors (Lipinski definition) is 0. The van der Waals surface area contributed by atoms with E-state index in [1.807, 2.05) is 18.4 Å². The highest BCUT2D eigenvalue weighted by molar-refractivity contribution is 7.11. The molecule has 4 heteroatoms. The van der Waals surface area contributed by atoms with Gasteiger partial charge in [-0.15, -0.1) is 11.3 Å². The van der Waals surface area contributed by atoms with E-state index in [2.05, 4.69) is 0 Å². The SMILES string of the molecule is CON(C)C(=O)/C=C/c1cc(C)cs1. The van der Waals surface area contributed by atoms with Crippen LogP contribution < -0.4 is 0 Å². The third-order valence-electron chi connectivity index (χ3n) is 1.73. The fraction of sp³-hybridized carbons (Fsp3) is 0.300. The number of carbonyl (C=O) groups is 1. The van der Waals surface area contributed by atoms with E-state index in [0.717, 1.165) is 4.88 Å². The number of amides is 1. The second kappa shape index (κ2) is 4.93. The number of hydroxylamine groups is 2. The molecule has 76 valence electrons. The average molecular weight is 211 g/mol. The van der Waals surface area contributed by atoms with E-state index < -0.39 is 0 Å². The predicted octanol–water partition coefficient (Wildman–Crippen LogP) is 2.09. The van der Waals surface area contributed by atoms with Crippen molar-refractivity contribution in [2.75, 3.05) is 14.2 Å². The maximum Gasteiger partial charge on any atom is 0.269 e. The minimum atomic E-state index is -0.168. The van der Waals surface area contributed by atoms with Crippen LogP contribution in [0, 0.1) is 6.92 Å². The molecule has 0 unspecified atom stereocenters. The van der Waals surface area contributed by atoms with Crippen molar-refractivity contribution in [3.05, 3.63) is 28.0 Å². The van der Waals surface area contributed by atoms with Crippen LogP contribution >= 0.6 is 11.3 Å². The largest absolute Gasteiger partial charge is 0.274 e. The molecule has 3 nitrogen and oxygen atoms in total. The highest BCUT2D eigenvalue weighted by Gasteiger charge is 2.01. The third-order valence-corrected chi connectivity index (χ3v) is 2.74. The van der Waals surface area contributed by atoms with Gasteiger partial charge in [-0.05, 0) is 30.0 Å². The van der Waals surface area contributed by atoms with Gasteiger partial charge in [0.15, 0.2) is 0 Å². The van der Waals surface area contributed by atoms with Gasteiger partial charge < -0.3 is 0 Å². The molecule has 0 aliphatic rings. The van der Waals surface area contributed by atoms with E-state index in [-0.39, 0.29) is 5.91 Å². The van der Waals surface area contributed by atoms with Crippen LogP contribution in [-0.2, 0) is 9.63 Å². The number of hydrogen-bond acceptors (Lipinski definition) is 3. The summed E-state index contributed by atoms with van der Waals surface area (Å²) in [6.07, 6.45) is 3.28. The summed E-state index contributed by atoms with van der Waals surface area (Å²) in [6.45, 7) is 2.02. The Morgan fingerprint density at radius 3 is 2.86 bits per heavy atom. The van der Waals surface area contributed by atoms with Crippen molar-refractivity contribution in [2.45, 2.75) is 6.92 Å². The Morgan fingerprint density at radius 2 is 2.36 bits per heavy atom. The Kier molecular flexibility index (Phi) is 3.85. The summed E-state index contributed by atoms with van der Waals surface area (Å²) in [4.78, 5) is 17.1. The van der Waals surface area contributed by atoms with Crippen LogP contribution in [0.25, 0.3) is 6.08 Å². The van der Waals surface area contributed by atoms with E-state index in [1.54, 1.807) is 24.5 Å². The van der Waals surface area contributed by atoms with Crippen LogP contribution in [0.2, 0.25) is 0 Å². The second-order valence-corrected chi connectivity index (χ2v) is 3.82. The first-order valence-electron chi connectivity index (χ1n) is 4.18. The minimum absolute atomic E-state index is 0.168. The molecule has 0 saturated heterocycles. The minimum Gasteiger partial charge on any atom is -0.274 e. The molecule has 0 spiro atoms. The molecule has 0 aromatic carbocycles. The molecule has 1 amide bonds. The summed E-state index contributed by atoms with van der Waals surface area (Å²) < 4.78 is 0. The van der Waals surface area contributed by atoms with Gasteiger partial charge in [-0.2, -0.15) is 0 Å². The van der Waals surface area contributed by atoms with Gasteiger partial charge in [0.25, 0.3) is 5.91 Å². The predicted molar refractivity (Wildman–Crippen MR) is 57.9 cm³/mol. The molecule has 1 aromatic heterocycles. The molecule has 0 aliphatic carbocycles. The lowest BCUT2D eigenvalue weighted by molar-refractivity contribution is -0.162. The first-order valence-corrected chi connectivity index (χ1v) is 5.06. The Labute approximate surface area is 87.6 Å². The summed E-state index contributed by atoms with van der Waals surface area (Å²) in [6, 6.07) is 2.03. The molecule has 0 saturated carbocycles. The van der Waals surface area contributed by atoms with E-state index >= 15 is 0 Å². The lowest BCUT2D eigenvalue weighted by Crippen LogP contribution is -2.22. The molecule has 1 heterocycles. The third kappa shape index (κ3) is 2.97. The molecule has 0 fully saturated rings. The lowest BCUT2D eigenvalue weighted by Gasteiger charge is -2.09. The smallest absolute Gasteiger partial charge is 0.269 e. The maximum atomic E-state index is 11.3. The lowest BCUT2D eigenvalue weighted by atomic mass is 10.3. The number of aryl methyl sites for hydroxylation is 1. The zero-order valence-electron chi connectivity index (χ0n) is 8.48. The summed E-state index contributed by atoms with van der Waals surface area (Å²) >= 11 is 1.61. The molecule has 0 aliphatic heterocycles. The summed E-state index contributed by atoms with van der Waals surface area (Å²) in [5.74, 6) is -0.168. The standard InChI is InChI=1S/C10H13NO2S/c1-8-6-9(14-7-8)4-5-10(12)11(2)13-3/h4-7H,1-3H3/b5-4+. The van der Waals surface area contributed by atoms with Crippen LogP contribution in [0.1, 0.15) is 10.4 Å². The molecule has 1 rings (SSSR count). The molecule has 14 heavy (non-hydrogen) atoms. The number of likely N-dealkylation sites (N-methyl/N-ethyl adjacent to an activating group) is 1. The van der Waals surface area contributed by atoms with Crippen molar-refractivity contribution in [1.29, 1.82) is 0 Å². The van der Waals surface area contributed by atoms with Crippen molar-refractivity contribution in [3.63, 3.8) is 0 Å². The zero-order valence-corrected chi connectivity index (χ0v) is 9.30. The molecular weight excluding hydrogens is 198 g/mol. The van der Waals surface area contributed by atoms with Crippen molar-refractivity contribution in [1.82, 2.24) is 5.06 Å². The van der Waals surface area contributed by atoms with Crippen molar-refractivity contribution in [3.8, 4) is 0 Å². The average Bonchev–Trinajstić information content (AvgIpc) is 2.59. The van der Waals surface area contributed by atoms with Crippen molar-refractivity contribution < 1.29 is 9.63 Å². The topological polar surface area (TPSA) is 29.5 Å². The highest BCUT2D eigenvalue weighted by atomic mass is 32.1. The Balaban J connectivity index is 2.60. The quantitative estimate of drug-likeness (QED) is 0.566. The number of thiophene rings is 1. The van der Waals surface area contributed by atoms with Crippen LogP contribution in [0.15, 0.2) is 17.5 Å². The monoisotopic (exact) mass is 211 g/mol. The first-order chi connectivity index (χ1) is 6.63. The van der Waals surface area contributed by atoms with Gasteiger partial charge in [0.2, 0.25) is 0 Å². The fourth-order valence-electron chi connectivity index (χ4n) is 0.889. The van der Waals surface area contributed by atoms with E-state index in [9.17, 15) is 4.79 Å². The Hall–Kier alpha value is -1.13. The van der Waals surface area contributed by atoms with Gasteiger partial charge >= 0.3 is 0 Å². The summed E-state index contributed by atoms with van der Waals surface area (Å²) in [5.41, 5.74) is 1.21. The fourth-order valence-corrected chi connectivity index (χ4v) is 1.68. The molecule has 1 aromatic rings. The number of rotatable bonds is 3. The van der Waals surface area contributed by atoms with Crippen LogP contribution in [0.5, 0.6) is 0 Å². The van der Waals surface area contributed by atoms with Crippen molar-refractivity contribution in [2.24, 2.45) is 0 Å². The summed E-state index contributed by atoms with van der Waals surface area (Å²) in [5, 5.41) is 3.22. The highest BCUT2D eigenvalue weighted by Crippen LogP contribution is 2.15. The molecule has 0 N–H and O–H groups in total. The normalized spacial score (nSPS) is 10.8. The Morgan fingerprint density at radius 1 is 1.64 bits per heavy atom. The second-order valence-electron chi connectivity index (χ2n) is 2.88. The van der Waals surface area contributed by atoms with Gasteiger partial charge in [-0.1, -0.05) is 0 Å². The van der Waals surface area contributed by atoms with Gasteiger partial charge in [-0.3, -0.25) is 9.63 Å². The van der Waals surface area contributed by atoms with Gasteiger partial charge in [0.1, 0.15) is 0 Å². The van der Waals surface area contributed by atoms with Gasteiger partial charge in [0.05, 0.1) is 7.11 Å². The van der Waals surface area contributed by atoms with Crippen LogP contribution in [0.4, 0.5) is 0 Å². The molecule has 0 bridgehead atoms. The van der Waals surface area contributed by atoms with Gasteiger partial charge in [0, 0.05) is 18.0 Å². The molecule has 0 atom stereocenters. The molecular formula is C10H13NO2S. The van der Waals surface area contributed by atoms with Crippen LogP contribution in [-0.4, -0.2) is 25.1 Å². The number of carbonyl (C=O) groups excluding carboxylic acids is 1. The maximum absolute atomic E-state index is 11.3. The van der Waals surface area contributed by atoms with Crippen LogP contribution in [0.3, 0.4) is 0 Å². The van der Waals surface area contributed by atoms with E-state index in [1.165, 1.54) is 23.8 Å². The van der Waals surface area contributed by atoms with Gasteiger partial charge in [-0.25, -0.2) is 5.06 Å². The molecule has 0 radical (unpaired) electrons. The first kappa shape index (κ1) is 10.9. The zero-order chi connectivity index (χ0) is 10.6. The summed E-state index contributed by atoms with van der Waals surface area (Å²) in [7, 11) is 3.04. The Bertz CT molecular complexity index is 344.